The van der Waals surface area contributed by atoms with Gasteiger partial charge in [-0.3, -0.25) is 0 Å². The molecule has 0 unspecified atom stereocenters. The Hall–Kier alpha value is 0.350. The Morgan fingerprint density at radius 3 is 1.36 bits per heavy atom. The molecule has 6 heteroatoms. The first-order valence-corrected chi connectivity index (χ1v) is 11.2. The van der Waals surface area contributed by atoms with Crippen LogP contribution in [0.4, 0.5) is 0 Å². The summed E-state index contributed by atoms with van der Waals surface area (Å²) in [7, 11) is 0. The third-order valence-corrected chi connectivity index (χ3v) is 4.61. The Morgan fingerprint density at radius 2 is 0.929 bits per heavy atom. The maximum atomic E-state index is 10.1. The van der Waals surface area contributed by atoms with Gasteiger partial charge in [-0.05, 0) is 6.42 Å². The van der Waals surface area contributed by atoms with Gasteiger partial charge in [-0.25, -0.2) is 0 Å². The van der Waals surface area contributed by atoms with Crippen molar-refractivity contribution in [2.75, 3.05) is 39.6 Å². The van der Waals surface area contributed by atoms with E-state index in [-0.39, 0.29) is 42.8 Å². The number of carbonyl (C=O) groups excluding carboxylic acids is 1. The normalized spacial score (nSPS) is 10.8. The van der Waals surface area contributed by atoms with Crippen molar-refractivity contribution in [2.45, 2.75) is 96.8 Å². The number of carboxylic acids is 1. The second-order valence-corrected chi connectivity index (χ2v) is 7.25. The molecule has 0 aromatic rings. The van der Waals surface area contributed by atoms with E-state index < -0.39 is 5.97 Å². The van der Waals surface area contributed by atoms with Gasteiger partial charge in [0.1, 0.15) is 0 Å². The van der Waals surface area contributed by atoms with Gasteiger partial charge < -0.3 is 24.1 Å². The van der Waals surface area contributed by atoms with Gasteiger partial charge >= 0.3 is 29.6 Å². The van der Waals surface area contributed by atoms with Crippen molar-refractivity contribution in [1.82, 2.24) is 0 Å². The van der Waals surface area contributed by atoms with Crippen LogP contribution in [0.5, 0.6) is 0 Å². The van der Waals surface area contributed by atoms with Crippen LogP contribution in [0, 0.1) is 0 Å². The molecule has 0 amide bonds. The fourth-order valence-electron chi connectivity index (χ4n) is 2.99. The molecule has 0 saturated heterocycles. The number of carbonyl (C=O) groups is 1. The molecule has 0 aliphatic rings. The molecule has 162 valence electrons. The minimum atomic E-state index is -1.20. The van der Waals surface area contributed by atoms with Gasteiger partial charge in [-0.2, -0.15) is 0 Å². The summed E-state index contributed by atoms with van der Waals surface area (Å²) in [5, 5.41) is 10.1. The van der Waals surface area contributed by atoms with Crippen LogP contribution in [0.1, 0.15) is 96.8 Å². The predicted octanol–water partition coefficient (Wildman–Crippen LogP) is 1.27. The van der Waals surface area contributed by atoms with Crippen LogP contribution in [0.2, 0.25) is 0 Å². The third kappa shape index (κ3) is 28.6. The molecule has 28 heavy (non-hydrogen) atoms. The molecule has 0 aromatic carbocycles. The fourth-order valence-corrected chi connectivity index (χ4v) is 2.99. The number of unbranched alkanes of at least 4 members (excludes halogenated alkanes) is 13. The second-order valence-electron chi connectivity index (χ2n) is 7.25. The van der Waals surface area contributed by atoms with Crippen molar-refractivity contribution < 1.29 is 53.7 Å². The molecule has 0 aliphatic carbocycles. The Morgan fingerprint density at radius 1 is 0.571 bits per heavy atom. The average Bonchev–Trinajstić information content (AvgIpc) is 2.65. The van der Waals surface area contributed by atoms with E-state index in [1.807, 2.05) is 0 Å². The maximum absolute atomic E-state index is 10.1. The Kier molecular flexibility index (Phi) is 29.8. The van der Waals surface area contributed by atoms with E-state index in [0.717, 1.165) is 13.0 Å². The zero-order valence-corrected chi connectivity index (χ0v) is 20.7. The van der Waals surface area contributed by atoms with Crippen molar-refractivity contribution in [1.29, 1.82) is 0 Å². The first-order chi connectivity index (χ1) is 13.3. The summed E-state index contributed by atoms with van der Waals surface area (Å²) in [6.45, 7) is 4.45. The van der Waals surface area contributed by atoms with Crippen LogP contribution in [0.25, 0.3) is 0 Å². The average molecular weight is 411 g/mol. The first kappa shape index (κ1) is 30.5. The Balaban J connectivity index is 0. The molecule has 0 heterocycles. The molecule has 0 bridgehead atoms. The molecule has 0 aromatic heterocycles. The van der Waals surface area contributed by atoms with Gasteiger partial charge in [-0.15, -0.1) is 0 Å². The number of hydrogen-bond acceptors (Lipinski definition) is 5. The summed E-state index contributed by atoms with van der Waals surface area (Å²) in [4.78, 5) is 10.1. The van der Waals surface area contributed by atoms with E-state index in [9.17, 15) is 9.90 Å². The van der Waals surface area contributed by atoms with Crippen molar-refractivity contribution in [2.24, 2.45) is 0 Å². The molecule has 0 saturated carbocycles. The SMILES string of the molecule is CCCCCCCCCCCCCCCCOCCOCCOCC(=O)[O-].[Na+]. The van der Waals surface area contributed by atoms with Gasteiger partial charge in [0.25, 0.3) is 0 Å². The van der Waals surface area contributed by atoms with E-state index in [1.165, 1.54) is 83.5 Å². The minimum Gasteiger partial charge on any atom is -0.548 e. The number of hydrogen-bond donors (Lipinski definition) is 0. The zero-order chi connectivity index (χ0) is 19.8. The van der Waals surface area contributed by atoms with Gasteiger partial charge in [0.05, 0.1) is 39.0 Å². The van der Waals surface area contributed by atoms with Crippen LogP contribution >= 0.6 is 0 Å². The quantitative estimate of drug-likeness (QED) is 0.187. The topological polar surface area (TPSA) is 67.8 Å². The molecule has 0 radical (unpaired) electrons. The fraction of sp³-hybridized carbons (Fsp3) is 0.955. The predicted molar refractivity (Wildman–Crippen MR) is 108 cm³/mol. The van der Waals surface area contributed by atoms with Crippen molar-refractivity contribution >= 4 is 5.97 Å². The van der Waals surface area contributed by atoms with Crippen molar-refractivity contribution in [3.05, 3.63) is 0 Å². The van der Waals surface area contributed by atoms with E-state index in [2.05, 4.69) is 6.92 Å². The van der Waals surface area contributed by atoms with Crippen LogP contribution in [0.3, 0.4) is 0 Å². The summed E-state index contributed by atoms with van der Waals surface area (Å²) >= 11 is 0. The molecule has 0 rings (SSSR count). The van der Waals surface area contributed by atoms with Crippen molar-refractivity contribution in [3.63, 3.8) is 0 Å². The number of rotatable bonds is 23. The molecule has 0 N–H and O–H groups in total. The maximum Gasteiger partial charge on any atom is 1.00 e. The van der Waals surface area contributed by atoms with Gasteiger partial charge in [-0.1, -0.05) is 90.4 Å². The molecule has 0 spiro atoms. The van der Waals surface area contributed by atoms with E-state index in [1.54, 1.807) is 0 Å². The largest absolute Gasteiger partial charge is 1.00 e. The van der Waals surface area contributed by atoms with Crippen LogP contribution in [0.15, 0.2) is 0 Å². The summed E-state index contributed by atoms with van der Waals surface area (Å²) in [5.41, 5.74) is 0. The smallest absolute Gasteiger partial charge is 0.548 e. The van der Waals surface area contributed by atoms with Gasteiger partial charge in [0, 0.05) is 6.61 Å². The van der Waals surface area contributed by atoms with Gasteiger partial charge in [0.2, 0.25) is 0 Å². The standard InChI is InChI=1S/C22H44O5.Na/c1-2-3-4-5-6-7-8-9-10-11-12-13-14-15-16-25-17-18-26-19-20-27-21-22(23)24;/h2-21H2,1H3,(H,23,24);/q;+1/p-1. The molecular formula is C22H43NaO5. The van der Waals surface area contributed by atoms with E-state index >= 15 is 0 Å². The molecule has 0 atom stereocenters. The summed E-state index contributed by atoms with van der Waals surface area (Å²) in [6, 6.07) is 0. The second kappa shape index (κ2) is 27.4. The van der Waals surface area contributed by atoms with Crippen LogP contribution in [-0.4, -0.2) is 45.6 Å². The Bertz CT molecular complexity index is 303. The number of carboxylic acid groups (broad SMARTS) is 1. The third-order valence-electron chi connectivity index (χ3n) is 4.61. The first-order valence-electron chi connectivity index (χ1n) is 11.2. The minimum absolute atomic E-state index is 0. The molecule has 5 nitrogen and oxygen atoms in total. The molecule has 0 fully saturated rings. The van der Waals surface area contributed by atoms with E-state index in [4.69, 9.17) is 14.2 Å². The van der Waals surface area contributed by atoms with Crippen molar-refractivity contribution in [3.8, 4) is 0 Å². The van der Waals surface area contributed by atoms with Crippen LogP contribution < -0.4 is 34.7 Å². The van der Waals surface area contributed by atoms with Crippen LogP contribution in [-0.2, 0) is 19.0 Å². The molecule has 0 aliphatic heterocycles. The number of ether oxygens (including phenoxy) is 3. The Labute approximate surface area is 195 Å². The summed E-state index contributed by atoms with van der Waals surface area (Å²) < 4.78 is 15.6. The van der Waals surface area contributed by atoms with Gasteiger partial charge in [0.15, 0.2) is 0 Å². The van der Waals surface area contributed by atoms with E-state index in [0.29, 0.717) is 19.8 Å². The number of aliphatic carboxylic acids is 1. The monoisotopic (exact) mass is 410 g/mol. The molecular weight excluding hydrogens is 367 g/mol. The summed E-state index contributed by atoms with van der Waals surface area (Å²) in [6.07, 6.45) is 19.1. The zero-order valence-electron chi connectivity index (χ0n) is 18.7. The summed E-state index contributed by atoms with van der Waals surface area (Å²) in [5.74, 6) is -1.20.